The normalized spacial score (nSPS) is 20.5. The smallest absolute Gasteiger partial charge is 0.154 e. The van der Waals surface area contributed by atoms with Crippen molar-refractivity contribution in [2.24, 2.45) is 0 Å². The van der Waals surface area contributed by atoms with Crippen LogP contribution in [-0.4, -0.2) is 18.4 Å². The van der Waals surface area contributed by atoms with Gasteiger partial charge in [-0.3, -0.25) is 4.79 Å². The molecule has 1 aliphatic rings. The highest BCUT2D eigenvalue weighted by molar-refractivity contribution is 5.86. The second-order valence-corrected chi connectivity index (χ2v) is 4.22. The largest absolute Gasteiger partial charge is 0.307 e. The highest BCUT2D eigenvalue weighted by Crippen LogP contribution is 2.12. The Kier molecular flexibility index (Phi) is 3.17. The Morgan fingerprint density at radius 2 is 2.27 bits per heavy atom. The first-order chi connectivity index (χ1) is 7.27. The minimum Gasteiger partial charge on any atom is -0.307 e. The number of rotatable bonds is 3. The first-order valence-corrected chi connectivity index (χ1v) is 5.58. The van der Waals surface area contributed by atoms with Gasteiger partial charge in [0.15, 0.2) is 5.78 Å². The zero-order chi connectivity index (χ0) is 10.7. The molecule has 0 amide bonds. The predicted octanol–water partition coefficient (Wildman–Crippen LogP) is 1.86. The molecule has 1 aromatic carbocycles. The fraction of sp³-hybridized carbons (Fsp3) is 0.462. The highest BCUT2D eigenvalue weighted by atomic mass is 16.1. The molecule has 0 aliphatic carbocycles. The minimum atomic E-state index is 0.101. The van der Waals surface area contributed by atoms with Crippen molar-refractivity contribution < 1.29 is 4.79 Å². The third-order valence-corrected chi connectivity index (χ3v) is 3.07. The molecule has 1 aromatic rings. The van der Waals surface area contributed by atoms with Gasteiger partial charge in [0.1, 0.15) is 0 Å². The molecule has 1 atom stereocenters. The Hall–Kier alpha value is -1.15. The van der Waals surface area contributed by atoms with Gasteiger partial charge in [0, 0.05) is 6.42 Å². The van der Waals surface area contributed by atoms with E-state index < -0.39 is 0 Å². The van der Waals surface area contributed by atoms with E-state index in [2.05, 4.69) is 18.3 Å². The van der Waals surface area contributed by atoms with Gasteiger partial charge in [0.05, 0.1) is 6.04 Å². The average Bonchev–Trinajstić information content (AvgIpc) is 2.74. The SMILES string of the molecule is Cc1ccccc1CC(=O)C1CCCN1. The fourth-order valence-corrected chi connectivity index (χ4v) is 2.08. The third-order valence-electron chi connectivity index (χ3n) is 3.07. The number of Topliss-reactive ketones (excluding diaryl/α,β-unsaturated/α-hetero) is 1. The number of hydrogen-bond acceptors (Lipinski definition) is 2. The lowest BCUT2D eigenvalue weighted by atomic mass is 9.99. The molecule has 1 unspecified atom stereocenters. The van der Waals surface area contributed by atoms with Gasteiger partial charge in [-0.05, 0) is 37.4 Å². The van der Waals surface area contributed by atoms with E-state index in [1.807, 2.05) is 18.2 Å². The standard InChI is InChI=1S/C13H17NO/c1-10-5-2-3-6-11(10)9-13(15)12-7-4-8-14-12/h2-3,5-6,12,14H,4,7-9H2,1H3. The maximum atomic E-state index is 11.9. The fourth-order valence-electron chi connectivity index (χ4n) is 2.08. The summed E-state index contributed by atoms with van der Waals surface area (Å²) < 4.78 is 0. The van der Waals surface area contributed by atoms with Gasteiger partial charge in [0.25, 0.3) is 0 Å². The van der Waals surface area contributed by atoms with E-state index in [4.69, 9.17) is 0 Å². The number of nitrogens with one attached hydrogen (secondary N) is 1. The number of carbonyl (C=O) groups excluding carboxylic acids is 1. The molecule has 0 saturated carbocycles. The molecule has 1 aliphatic heterocycles. The zero-order valence-corrected chi connectivity index (χ0v) is 9.12. The van der Waals surface area contributed by atoms with Gasteiger partial charge in [-0.2, -0.15) is 0 Å². The van der Waals surface area contributed by atoms with E-state index in [0.717, 1.165) is 24.9 Å². The molecule has 80 valence electrons. The van der Waals surface area contributed by atoms with Gasteiger partial charge in [-0.15, -0.1) is 0 Å². The molecule has 2 heteroatoms. The van der Waals surface area contributed by atoms with Crippen LogP contribution in [-0.2, 0) is 11.2 Å². The van der Waals surface area contributed by atoms with Gasteiger partial charge >= 0.3 is 0 Å². The van der Waals surface area contributed by atoms with Gasteiger partial charge in [-0.25, -0.2) is 0 Å². The number of benzene rings is 1. The van der Waals surface area contributed by atoms with Crippen LogP contribution in [0.25, 0.3) is 0 Å². The number of hydrogen-bond donors (Lipinski definition) is 1. The first-order valence-electron chi connectivity index (χ1n) is 5.58. The van der Waals surface area contributed by atoms with Crippen LogP contribution in [0.1, 0.15) is 24.0 Å². The summed E-state index contributed by atoms with van der Waals surface area (Å²) in [6.07, 6.45) is 2.71. The maximum absolute atomic E-state index is 11.9. The van der Waals surface area contributed by atoms with Crippen LogP contribution in [0.4, 0.5) is 0 Å². The van der Waals surface area contributed by atoms with Gasteiger partial charge < -0.3 is 5.32 Å². The second kappa shape index (κ2) is 4.58. The third kappa shape index (κ3) is 2.45. The summed E-state index contributed by atoms with van der Waals surface area (Å²) in [7, 11) is 0. The summed E-state index contributed by atoms with van der Waals surface area (Å²) in [5.41, 5.74) is 2.38. The Labute approximate surface area is 90.7 Å². The monoisotopic (exact) mass is 203 g/mol. The topological polar surface area (TPSA) is 29.1 Å². The van der Waals surface area contributed by atoms with Crippen molar-refractivity contribution in [3.05, 3.63) is 35.4 Å². The van der Waals surface area contributed by atoms with Crippen LogP contribution < -0.4 is 5.32 Å². The Morgan fingerprint density at radius 3 is 2.93 bits per heavy atom. The van der Waals surface area contributed by atoms with E-state index in [0.29, 0.717) is 12.2 Å². The maximum Gasteiger partial charge on any atom is 0.154 e. The van der Waals surface area contributed by atoms with Crippen molar-refractivity contribution in [1.82, 2.24) is 5.32 Å². The minimum absolute atomic E-state index is 0.101. The molecule has 0 spiro atoms. The lowest BCUT2D eigenvalue weighted by Gasteiger charge is -2.10. The van der Waals surface area contributed by atoms with Crippen molar-refractivity contribution in [3.63, 3.8) is 0 Å². The number of aryl methyl sites for hydroxylation is 1. The summed E-state index contributed by atoms with van der Waals surface area (Å²) in [6.45, 7) is 3.05. The van der Waals surface area contributed by atoms with E-state index in [-0.39, 0.29) is 6.04 Å². The van der Waals surface area contributed by atoms with Crippen molar-refractivity contribution in [3.8, 4) is 0 Å². The van der Waals surface area contributed by atoms with E-state index in [9.17, 15) is 4.79 Å². The van der Waals surface area contributed by atoms with Crippen LogP contribution in [0.2, 0.25) is 0 Å². The van der Waals surface area contributed by atoms with Crippen molar-refractivity contribution in [2.75, 3.05) is 6.54 Å². The summed E-state index contributed by atoms with van der Waals surface area (Å²) in [6, 6.07) is 8.21. The average molecular weight is 203 g/mol. The van der Waals surface area contributed by atoms with Crippen LogP contribution in [0.3, 0.4) is 0 Å². The lowest BCUT2D eigenvalue weighted by Crippen LogP contribution is -2.32. The summed E-state index contributed by atoms with van der Waals surface area (Å²) in [5, 5.41) is 3.25. The molecule has 15 heavy (non-hydrogen) atoms. The predicted molar refractivity (Wildman–Crippen MR) is 60.9 cm³/mol. The Bertz CT molecular complexity index is 353. The molecule has 1 fully saturated rings. The van der Waals surface area contributed by atoms with Crippen molar-refractivity contribution >= 4 is 5.78 Å². The van der Waals surface area contributed by atoms with Gasteiger partial charge in [0.2, 0.25) is 0 Å². The lowest BCUT2D eigenvalue weighted by molar-refractivity contribution is -0.120. The number of ketones is 1. The van der Waals surface area contributed by atoms with Gasteiger partial charge in [-0.1, -0.05) is 24.3 Å². The van der Waals surface area contributed by atoms with Crippen LogP contribution in [0.15, 0.2) is 24.3 Å². The summed E-state index contributed by atoms with van der Waals surface area (Å²) >= 11 is 0. The Balaban J connectivity index is 2.02. The molecular formula is C13H17NO. The van der Waals surface area contributed by atoms with E-state index >= 15 is 0 Å². The molecule has 2 nitrogen and oxygen atoms in total. The zero-order valence-electron chi connectivity index (χ0n) is 9.12. The molecule has 1 N–H and O–H groups in total. The second-order valence-electron chi connectivity index (χ2n) is 4.22. The Morgan fingerprint density at radius 1 is 1.47 bits per heavy atom. The van der Waals surface area contributed by atoms with Crippen LogP contribution >= 0.6 is 0 Å². The van der Waals surface area contributed by atoms with Crippen molar-refractivity contribution in [1.29, 1.82) is 0 Å². The van der Waals surface area contributed by atoms with E-state index in [1.165, 1.54) is 5.56 Å². The molecule has 0 aromatic heterocycles. The highest BCUT2D eigenvalue weighted by Gasteiger charge is 2.21. The number of carbonyl (C=O) groups is 1. The van der Waals surface area contributed by atoms with Crippen LogP contribution in [0, 0.1) is 6.92 Å². The van der Waals surface area contributed by atoms with E-state index in [1.54, 1.807) is 0 Å². The summed E-state index contributed by atoms with van der Waals surface area (Å²) in [5.74, 6) is 0.335. The first kappa shape index (κ1) is 10.4. The van der Waals surface area contributed by atoms with Crippen molar-refractivity contribution in [2.45, 2.75) is 32.2 Å². The molecule has 0 bridgehead atoms. The molecule has 1 heterocycles. The molecular weight excluding hydrogens is 186 g/mol. The molecule has 1 saturated heterocycles. The quantitative estimate of drug-likeness (QED) is 0.812. The van der Waals surface area contributed by atoms with Crippen LogP contribution in [0.5, 0.6) is 0 Å². The molecule has 0 radical (unpaired) electrons. The molecule has 2 rings (SSSR count). The summed E-state index contributed by atoms with van der Waals surface area (Å²) in [4.78, 5) is 11.9.